The van der Waals surface area contributed by atoms with E-state index >= 15 is 0 Å². The van der Waals surface area contributed by atoms with Gasteiger partial charge in [-0.1, -0.05) is 0 Å². The van der Waals surface area contributed by atoms with Crippen molar-refractivity contribution in [3.63, 3.8) is 0 Å². The average Bonchev–Trinajstić information content (AvgIpc) is 3.42. The first-order chi connectivity index (χ1) is 11.8. The molecule has 0 aromatic heterocycles. The van der Waals surface area contributed by atoms with Gasteiger partial charge in [-0.3, -0.25) is 4.99 Å². The number of hydrogen-bond acceptors (Lipinski definition) is 4. The molecule has 0 aliphatic heterocycles. The quantitative estimate of drug-likeness (QED) is 0.391. The van der Waals surface area contributed by atoms with E-state index in [0.717, 1.165) is 49.5 Å². The Balaban J connectivity index is 1.74. The molecule has 1 aromatic rings. The van der Waals surface area contributed by atoms with E-state index < -0.39 is 0 Å². The van der Waals surface area contributed by atoms with Crippen molar-refractivity contribution < 1.29 is 14.2 Å². The van der Waals surface area contributed by atoms with Crippen LogP contribution >= 0.6 is 0 Å². The summed E-state index contributed by atoms with van der Waals surface area (Å²) in [5.41, 5.74) is 0.897. The van der Waals surface area contributed by atoms with Gasteiger partial charge in [0.25, 0.3) is 0 Å². The van der Waals surface area contributed by atoms with Crippen LogP contribution in [0.25, 0.3) is 0 Å². The number of hydrogen-bond donors (Lipinski definition) is 2. The molecule has 0 spiro atoms. The minimum absolute atomic E-state index is 0.606. The highest BCUT2D eigenvalue weighted by Crippen LogP contribution is 2.30. The Hall–Kier alpha value is -1.95. The van der Waals surface area contributed by atoms with Crippen molar-refractivity contribution in [2.75, 3.05) is 45.8 Å². The van der Waals surface area contributed by atoms with Gasteiger partial charge in [0.1, 0.15) is 0 Å². The lowest BCUT2D eigenvalue weighted by Gasteiger charge is -2.14. The molecule has 0 radical (unpaired) electrons. The number of anilines is 1. The van der Waals surface area contributed by atoms with Crippen LogP contribution in [0.2, 0.25) is 0 Å². The summed E-state index contributed by atoms with van der Waals surface area (Å²) in [5, 5.41) is 6.54. The molecular formula is C18H29N3O3. The second-order valence-electron chi connectivity index (χ2n) is 5.79. The maximum absolute atomic E-state index is 5.63. The summed E-state index contributed by atoms with van der Waals surface area (Å²) in [6, 6.07) is 5.74. The molecule has 24 heavy (non-hydrogen) atoms. The third-order valence-corrected chi connectivity index (χ3v) is 3.76. The summed E-state index contributed by atoms with van der Waals surface area (Å²) < 4.78 is 16.5. The van der Waals surface area contributed by atoms with E-state index in [0.29, 0.717) is 12.4 Å². The Morgan fingerprint density at radius 1 is 1.29 bits per heavy atom. The lowest BCUT2D eigenvalue weighted by atomic mass is 10.2. The van der Waals surface area contributed by atoms with Crippen molar-refractivity contribution >= 4 is 11.6 Å². The van der Waals surface area contributed by atoms with E-state index in [9.17, 15) is 0 Å². The fraction of sp³-hybridized carbons (Fsp3) is 0.611. The number of aliphatic imine (C=N–C) groups is 1. The second-order valence-corrected chi connectivity index (χ2v) is 5.79. The summed E-state index contributed by atoms with van der Waals surface area (Å²) in [5.74, 6) is 2.98. The van der Waals surface area contributed by atoms with Gasteiger partial charge in [0.05, 0.1) is 13.7 Å². The van der Waals surface area contributed by atoms with Crippen LogP contribution in [-0.4, -0.2) is 46.5 Å². The first-order valence-corrected chi connectivity index (χ1v) is 8.63. The van der Waals surface area contributed by atoms with Gasteiger partial charge in [0.15, 0.2) is 17.5 Å². The number of rotatable bonds is 10. The van der Waals surface area contributed by atoms with Crippen LogP contribution in [0.1, 0.15) is 26.2 Å². The van der Waals surface area contributed by atoms with E-state index in [1.54, 1.807) is 14.2 Å². The minimum atomic E-state index is 0.606. The predicted molar refractivity (Wildman–Crippen MR) is 97.3 cm³/mol. The molecule has 1 saturated carbocycles. The van der Waals surface area contributed by atoms with Gasteiger partial charge >= 0.3 is 0 Å². The summed E-state index contributed by atoms with van der Waals surface area (Å²) >= 11 is 0. The number of nitrogens with one attached hydrogen (secondary N) is 2. The molecule has 0 bridgehead atoms. The Kier molecular flexibility index (Phi) is 7.68. The normalized spacial score (nSPS) is 14.4. The highest BCUT2D eigenvalue weighted by molar-refractivity contribution is 5.93. The zero-order chi connectivity index (χ0) is 17.2. The number of benzene rings is 1. The molecule has 2 rings (SSSR count). The number of ether oxygens (including phenoxy) is 3. The van der Waals surface area contributed by atoms with Crippen LogP contribution in [0, 0.1) is 5.92 Å². The Labute approximate surface area is 144 Å². The van der Waals surface area contributed by atoms with E-state index in [1.165, 1.54) is 12.8 Å². The molecular weight excluding hydrogens is 306 g/mol. The summed E-state index contributed by atoms with van der Waals surface area (Å²) in [4.78, 5) is 4.24. The van der Waals surface area contributed by atoms with Gasteiger partial charge in [0.2, 0.25) is 0 Å². The van der Waals surface area contributed by atoms with Crippen LogP contribution < -0.4 is 20.1 Å². The molecule has 2 N–H and O–H groups in total. The molecule has 1 fully saturated rings. The molecule has 6 nitrogen and oxygen atoms in total. The minimum Gasteiger partial charge on any atom is -0.493 e. The van der Waals surface area contributed by atoms with Gasteiger partial charge in [-0.2, -0.15) is 0 Å². The van der Waals surface area contributed by atoms with Crippen LogP contribution in [-0.2, 0) is 4.74 Å². The molecule has 134 valence electrons. The smallest absolute Gasteiger partial charge is 0.195 e. The van der Waals surface area contributed by atoms with Gasteiger partial charge in [-0.25, -0.2) is 0 Å². The molecule has 1 aliphatic rings. The number of nitrogens with zero attached hydrogens (tertiary/aromatic N) is 1. The third-order valence-electron chi connectivity index (χ3n) is 3.76. The molecule has 0 amide bonds. The molecule has 0 atom stereocenters. The molecule has 0 saturated heterocycles. The van der Waals surface area contributed by atoms with Crippen molar-refractivity contribution in [1.29, 1.82) is 0 Å². The fourth-order valence-electron chi connectivity index (χ4n) is 2.25. The maximum Gasteiger partial charge on any atom is 0.195 e. The largest absolute Gasteiger partial charge is 0.493 e. The topological polar surface area (TPSA) is 64.1 Å². The Morgan fingerprint density at radius 3 is 2.79 bits per heavy atom. The number of guanidine groups is 1. The van der Waals surface area contributed by atoms with Crippen molar-refractivity contribution in [2.45, 2.75) is 26.2 Å². The van der Waals surface area contributed by atoms with Gasteiger partial charge in [0, 0.05) is 38.6 Å². The predicted octanol–water partition coefficient (Wildman–Crippen LogP) is 2.90. The monoisotopic (exact) mass is 335 g/mol. The van der Waals surface area contributed by atoms with Crippen LogP contribution in [0.15, 0.2) is 23.2 Å². The summed E-state index contributed by atoms with van der Waals surface area (Å²) in [7, 11) is 3.39. The molecule has 0 unspecified atom stereocenters. The second kappa shape index (κ2) is 10.0. The first kappa shape index (κ1) is 18.4. The average molecular weight is 335 g/mol. The van der Waals surface area contributed by atoms with E-state index in [2.05, 4.69) is 15.6 Å². The zero-order valence-electron chi connectivity index (χ0n) is 14.9. The maximum atomic E-state index is 5.63. The SMILES string of the molecule is CCOc1ccc(NC(=NC)NCCCOCC2CC2)cc1OC. The standard InChI is InChI=1S/C18H29N3O3/c1-4-24-16-9-8-15(12-17(16)22-3)21-18(19-2)20-10-5-11-23-13-14-6-7-14/h8-9,12,14H,4-7,10-11,13H2,1-3H3,(H2,19,20,21). The van der Waals surface area contributed by atoms with Crippen LogP contribution in [0.3, 0.4) is 0 Å². The summed E-state index contributed by atoms with van der Waals surface area (Å²) in [6.07, 6.45) is 3.63. The van der Waals surface area contributed by atoms with Gasteiger partial charge in [-0.15, -0.1) is 0 Å². The summed E-state index contributed by atoms with van der Waals surface area (Å²) in [6.45, 7) is 5.08. The lowest BCUT2D eigenvalue weighted by molar-refractivity contribution is 0.123. The highest BCUT2D eigenvalue weighted by atomic mass is 16.5. The molecule has 0 heterocycles. The zero-order valence-corrected chi connectivity index (χ0v) is 14.9. The third kappa shape index (κ3) is 6.28. The Bertz CT molecular complexity index is 530. The van der Waals surface area contributed by atoms with Crippen molar-refractivity contribution in [3.8, 4) is 11.5 Å². The van der Waals surface area contributed by atoms with E-state index in [4.69, 9.17) is 14.2 Å². The lowest BCUT2D eigenvalue weighted by Crippen LogP contribution is -2.32. The van der Waals surface area contributed by atoms with E-state index in [1.807, 2.05) is 25.1 Å². The van der Waals surface area contributed by atoms with Crippen molar-refractivity contribution in [3.05, 3.63) is 18.2 Å². The van der Waals surface area contributed by atoms with Gasteiger partial charge in [-0.05, 0) is 44.2 Å². The molecule has 1 aliphatic carbocycles. The molecule has 6 heteroatoms. The van der Waals surface area contributed by atoms with Crippen LogP contribution in [0.5, 0.6) is 11.5 Å². The van der Waals surface area contributed by atoms with Crippen LogP contribution in [0.4, 0.5) is 5.69 Å². The highest BCUT2D eigenvalue weighted by Gasteiger charge is 2.20. The van der Waals surface area contributed by atoms with Gasteiger partial charge < -0.3 is 24.8 Å². The Morgan fingerprint density at radius 2 is 2.12 bits per heavy atom. The first-order valence-electron chi connectivity index (χ1n) is 8.63. The van der Waals surface area contributed by atoms with Crippen molar-refractivity contribution in [2.24, 2.45) is 10.9 Å². The number of methoxy groups -OCH3 is 1. The molecule has 1 aromatic carbocycles. The fourth-order valence-corrected chi connectivity index (χ4v) is 2.25. The van der Waals surface area contributed by atoms with Crippen molar-refractivity contribution in [1.82, 2.24) is 5.32 Å². The van der Waals surface area contributed by atoms with E-state index in [-0.39, 0.29) is 0 Å².